The van der Waals surface area contributed by atoms with E-state index < -0.39 is 5.97 Å². The Balaban J connectivity index is 1.72. The van der Waals surface area contributed by atoms with Gasteiger partial charge in [0, 0.05) is 12.7 Å². The highest BCUT2D eigenvalue weighted by Crippen LogP contribution is 2.43. The summed E-state index contributed by atoms with van der Waals surface area (Å²) in [6.45, 7) is 0.755. The molecule has 3 aliphatic heterocycles. The fourth-order valence-electron chi connectivity index (χ4n) is 3.63. The van der Waals surface area contributed by atoms with E-state index in [0.717, 1.165) is 12.2 Å². The first-order chi connectivity index (χ1) is 10.7. The van der Waals surface area contributed by atoms with Crippen LogP contribution in [0, 0.1) is 5.92 Å². The van der Waals surface area contributed by atoms with Crippen molar-refractivity contribution >= 4 is 18.0 Å². The first kappa shape index (κ1) is 13.2. The second kappa shape index (κ2) is 4.78. The molecule has 0 aromatic carbocycles. The van der Waals surface area contributed by atoms with E-state index in [9.17, 15) is 14.7 Å². The van der Waals surface area contributed by atoms with Crippen molar-refractivity contribution in [1.82, 2.24) is 15.2 Å². The van der Waals surface area contributed by atoms with Gasteiger partial charge in [0.05, 0.1) is 11.7 Å². The molecule has 0 saturated carbocycles. The number of aromatic nitrogens is 1. The van der Waals surface area contributed by atoms with Crippen LogP contribution in [-0.2, 0) is 9.59 Å². The molecule has 2 saturated heterocycles. The van der Waals surface area contributed by atoms with Crippen LogP contribution >= 0.6 is 0 Å². The maximum absolute atomic E-state index is 12.1. The molecule has 112 valence electrons. The number of pyridine rings is 1. The smallest absolute Gasteiger partial charge is 0.352 e. The summed E-state index contributed by atoms with van der Waals surface area (Å²) in [5, 5.41) is 12.7. The van der Waals surface area contributed by atoms with E-state index in [0.29, 0.717) is 12.0 Å². The van der Waals surface area contributed by atoms with Gasteiger partial charge in [0.15, 0.2) is 0 Å². The Morgan fingerprint density at radius 2 is 2.27 bits per heavy atom. The highest BCUT2D eigenvalue weighted by Gasteiger charge is 2.59. The summed E-state index contributed by atoms with van der Waals surface area (Å²) in [4.78, 5) is 29.4. The van der Waals surface area contributed by atoms with Crippen molar-refractivity contribution in [2.24, 2.45) is 5.92 Å². The number of β-lactam (4-membered cyclic amide) rings is 1. The molecular formula is C16H15N3O3. The molecule has 3 atom stereocenters. The van der Waals surface area contributed by atoms with E-state index in [-0.39, 0.29) is 29.6 Å². The molecule has 3 aliphatic rings. The number of carboxylic acid groups (broad SMARTS) is 1. The zero-order valence-corrected chi connectivity index (χ0v) is 11.8. The lowest BCUT2D eigenvalue weighted by molar-refractivity contribution is -0.153. The monoisotopic (exact) mass is 297 g/mol. The largest absolute Gasteiger partial charge is 0.477 e. The predicted octanol–water partition coefficient (Wildman–Crippen LogP) is 0.636. The summed E-state index contributed by atoms with van der Waals surface area (Å²) in [5.74, 6) is -0.889. The molecule has 1 aromatic rings. The highest BCUT2D eigenvalue weighted by molar-refractivity contribution is 6.01. The summed E-state index contributed by atoms with van der Waals surface area (Å²) in [6, 6.07) is 5.37. The number of allylic oxidation sites excluding steroid dienone is 2. The Morgan fingerprint density at radius 1 is 1.41 bits per heavy atom. The Morgan fingerprint density at radius 3 is 3.00 bits per heavy atom. The van der Waals surface area contributed by atoms with E-state index in [1.165, 1.54) is 4.90 Å². The van der Waals surface area contributed by atoms with Crippen LogP contribution < -0.4 is 5.32 Å². The van der Waals surface area contributed by atoms with E-state index >= 15 is 0 Å². The van der Waals surface area contributed by atoms with Crippen LogP contribution in [0.3, 0.4) is 0 Å². The predicted molar refractivity (Wildman–Crippen MR) is 78.5 cm³/mol. The summed E-state index contributed by atoms with van der Waals surface area (Å²) >= 11 is 0. The van der Waals surface area contributed by atoms with Gasteiger partial charge in [-0.05, 0) is 36.1 Å². The normalized spacial score (nSPS) is 29.7. The van der Waals surface area contributed by atoms with Gasteiger partial charge < -0.3 is 10.4 Å². The molecule has 4 heterocycles. The minimum absolute atomic E-state index is 0.00519. The molecule has 4 rings (SSSR count). The molecule has 6 heteroatoms. The fraction of sp³-hybridized carbons (Fsp3) is 0.312. The molecule has 0 bridgehead atoms. The number of nitrogens with zero attached hydrogens (tertiary/aromatic N) is 2. The Bertz CT molecular complexity index is 711. The van der Waals surface area contributed by atoms with Crippen LogP contribution in [0.2, 0.25) is 0 Å². The van der Waals surface area contributed by atoms with Gasteiger partial charge in [0.25, 0.3) is 0 Å². The lowest BCUT2D eigenvalue weighted by atomic mass is 9.79. The van der Waals surface area contributed by atoms with Gasteiger partial charge in [-0.1, -0.05) is 12.1 Å². The zero-order chi connectivity index (χ0) is 15.3. The average Bonchev–Trinajstić information content (AvgIpc) is 2.93. The second-order valence-corrected chi connectivity index (χ2v) is 5.82. The minimum atomic E-state index is -1.04. The standard InChI is InChI=1S/C16H15N3O3/c20-15-12-13-10(8-18-12)7-9(14(16(21)22)19(13)15)4-5-11-3-1-2-6-17-11/h1-6,10,12-13,18H,7-8H2,(H,21,22)/t10?,12?,13-/m1/s1. The minimum Gasteiger partial charge on any atom is -0.477 e. The lowest BCUT2D eigenvalue weighted by Gasteiger charge is -2.48. The summed E-state index contributed by atoms with van der Waals surface area (Å²) in [5.41, 5.74) is 1.58. The number of hydrogen-bond donors (Lipinski definition) is 2. The molecule has 2 unspecified atom stereocenters. The summed E-state index contributed by atoms with van der Waals surface area (Å²) < 4.78 is 0. The number of rotatable bonds is 3. The van der Waals surface area contributed by atoms with Crippen molar-refractivity contribution in [3.63, 3.8) is 0 Å². The number of carbonyl (C=O) groups is 2. The van der Waals surface area contributed by atoms with Gasteiger partial charge in [-0.3, -0.25) is 14.7 Å². The first-order valence-electron chi connectivity index (χ1n) is 7.29. The van der Waals surface area contributed by atoms with Crippen LogP contribution in [0.25, 0.3) is 6.08 Å². The molecule has 2 N–H and O–H groups in total. The molecular weight excluding hydrogens is 282 g/mol. The first-order valence-corrected chi connectivity index (χ1v) is 7.29. The van der Waals surface area contributed by atoms with Gasteiger partial charge in [0.1, 0.15) is 11.7 Å². The average molecular weight is 297 g/mol. The van der Waals surface area contributed by atoms with Gasteiger partial charge >= 0.3 is 5.97 Å². The van der Waals surface area contributed by atoms with Crippen LogP contribution in [-0.4, -0.2) is 45.5 Å². The van der Waals surface area contributed by atoms with Crippen LogP contribution in [0.1, 0.15) is 12.1 Å². The third kappa shape index (κ3) is 1.80. The number of carboxylic acids is 1. The van der Waals surface area contributed by atoms with Gasteiger partial charge in [-0.2, -0.15) is 0 Å². The molecule has 1 aromatic heterocycles. The van der Waals surface area contributed by atoms with E-state index in [1.807, 2.05) is 18.2 Å². The van der Waals surface area contributed by atoms with Crippen molar-refractivity contribution in [1.29, 1.82) is 0 Å². The Kier molecular flexibility index (Phi) is 2.87. The van der Waals surface area contributed by atoms with Crippen molar-refractivity contribution in [2.45, 2.75) is 18.5 Å². The van der Waals surface area contributed by atoms with Crippen molar-refractivity contribution < 1.29 is 14.7 Å². The van der Waals surface area contributed by atoms with E-state index in [4.69, 9.17) is 0 Å². The number of carbonyl (C=O) groups excluding carboxylic acids is 1. The maximum atomic E-state index is 12.1. The van der Waals surface area contributed by atoms with Gasteiger partial charge in [0.2, 0.25) is 5.91 Å². The molecule has 2 fully saturated rings. The third-order valence-corrected chi connectivity index (χ3v) is 4.60. The van der Waals surface area contributed by atoms with Gasteiger partial charge in [-0.25, -0.2) is 4.79 Å². The number of hydrogen-bond acceptors (Lipinski definition) is 4. The lowest BCUT2D eigenvalue weighted by Crippen LogP contribution is -2.68. The van der Waals surface area contributed by atoms with Gasteiger partial charge in [-0.15, -0.1) is 0 Å². The fourth-order valence-corrected chi connectivity index (χ4v) is 3.63. The molecule has 0 aliphatic carbocycles. The number of nitrogens with one attached hydrogen (secondary N) is 1. The Hall–Kier alpha value is -2.47. The molecule has 6 nitrogen and oxygen atoms in total. The summed E-state index contributed by atoms with van der Waals surface area (Å²) in [6.07, 6.45) is 5.93. The number of amides is 1. The van der Waals surface area contributed by atoms with E-state index in [1.54, 1.807) is 18.3 Å². The van der Waals surface area contributed by atoms with Crippen molar-refractivity contribution in [2.75, 3.05) is 6.54 Å². The van der Waals surface area contributed by atoms with E-state index in [2.05, 4.69) is 10.3 Å². The molecule has 0 radical (unpaired) electrons. The summed E-state index contributed by atoms with van der Waals surface area (Å²) in [7, 11) is 0. The third-order valence-electron chi connectivity index (χ3n) is 4.60. The molecule has 0 spiro atoms. The van der Waals surface area contributed by atoms with Crippen molar-refractivity contribution in [3.8, 4) is 0 Å². The van der Waals surface area contributed by atoms with Crippen molar-refractivity contribution in [3.05, 3.63) is 47.4 Å². The topological polar surface area (TPSA) is 82.5 Å². The SMILES string of the molecule is O=C(O)C1=C(C=Cc2ccccn2)CC2CNC3C(=O)N1[C@H]23. The second-order valence-electron chi connectivity index (χ2n) is 5.82. The molecule has 1 amide bonds. The Labute approximate surface area is 127 Å². The molecule has 22 heavy (non-hydrogen) atoms. The highest BCUT2D eigenvalue weighted by atomic mass is 16.4. The maximum Gasteiger partial charge on any atom is 0.352 e. The van der Waals surface area contributed by atoms with Crippen LogP contribution in [0.5, 0.6) is 0 Å². The van der Waals surface area contributed by atoms with Crippen LogP contribution in [0.4, 0.5) is 0 Å². The van der Waals surface area contributed by atoms with Crippen LogP contribution in [0.15, 0.2) is 41.7 Å². The quantitative estimate of drug-likeness (QED) is 0.800. The zero-order valence-electron chi connectivity index (χ0n) is 11.8. The number of aliphatic carboxylic acids is 1.